The SMILES string of the molecule is CC(=O)Nc1ccc(CNC(=O)C2COCCN2)cc1. The van der Waals surface area contributed by atoms with Crippen LogP contribution in [0.3, 0.4) is 0 Å². The lowest BCUT2D eigenvalue weighted by Gasteiger charge is -2.22. The summed E-state index contributed by atoms with van der Waals surface area (Å²) in [6, 6.07) is 7.09. The molecule has 1 aromatic carbocycles. The Hall–Kier alpha value is -1.92. The largest absolute Gasteiger partial charge is 0.378 e. The van der Waals surface area contributed by atoms with Gasteiger partial charge in [-0.25, -0.2) is 0 Å². The van der Waals surface area contributed by atoms with Crippen molar-refractivity contribution in [1.29, 1.82) is 0 Å². The second-order valence-electron chi connectivity index (χ2n) is 4.68. The van der Waals surface area contributed by atoms with Crippen molar-refractivity contribution in [1.82, 2.24) is 10.6 Å². The zero-order valence-electron chi connectivity index (χ0n) is 11.4. The van der Waals surface area contributed by atoms with Crippen molar-refractivity contribution < 1.29 is 14.3 Å². The third-order valence-electron chi connectivity index (χ3n) is 2.98. The molecule has 1 heterocycles. The Balaban J connectivity index is 1.81. The summed E-state index contributed by atoms with van der Waals surface area (Å²) < 4.78 is 5.24. The molecule has 1 aliphatic rings. The predicted octanol–water partition coefficient (Wildman–Crippen LogP) is 0.250. The lowest BCUT2D eigenvalue weighted by atomic mass is 10.2. The van der Waals surface area contributed by atoms with Crippen LogP contribution in [0.1, 0.15) is 12.5 Å². The Bertz CT molecular complexity index is 467. The Kier molecular flexibility index (Phi) is 5.09. The fourth-order valence-corrected chi connectivity index (χ4v) is 1.96. The van der Waals surface area contributed by atoms with Gasteiger partial charge in [-0.1, -0.05) is 12.1 Å². The number of rotatable bonds is 4. The van der Waals surface area contributed by atoms with E-state index >= 15 is 0 Å². The highest BCUT2D eigenvalue weighted by Crippen LogP contribution is 2.09. The van der Waals surface area contributed by atoms with Crippen LogP contribution < -0.4 is 16.0 Å². The fourth-order valence-electron chi connectivity index (χ4n) is 1.96. The molecule has 3 N–H and O–H groups in total. The van der Waals surface area contributed by atoms with Gasteiger partial charge < -0.3 is 20.7 Å². The van der Waals surface area contributed by atoms with Gasteiger partial charge in [0.1, 0.15) is 6.04 Å². The van der Waals surface area contributed by atoms with Crippen molar-refractivity contribution in [2.45, 2.75) is 19.5 Å². The second kappa shape index (κ2) is 7.02. The molecule has 1 aromatic rings. The fraction of sp³-hybridized carbons (Fsp3) is 0.429. The highest BCUT2D eigenvalue weighted by Gasteiger charge is 2.20. The summed E-state index contributed by atoms with van der Waals surface area (Å²) in [5.41, 5.74) is 1.72. The predicted molar refractivity (Wildman–Crippen MR) is 75.2 cm³/mol. The first-order valence-electron chi connectivity index (χ1n) is 6.60. The first-order valence-corrected chi connectivity index (χ1v) is 6.60. The number of hydrogen-bond acceptors (Lipinski definition) is 4. The maximum absolute atomic E-state index is 11.9. The highest BCUT2D eigenvalue weighted by atomic mass is 16.5. The van der Waals surface area contributed by atoms with Crippen molar-refractivity contribution in [2.75, 3.05) is 25.1 Å². The summed E-state index contributed by atoms with van der Waals surface area (Å²) in [4.78, 5) is 22.8. The highest BCUT2D eigenvalue weighted by molar-refractivity contribution is 5.88. The van der Waals surface area contributed by atoms with Gasteiger partial charge in [-0.2, -0.15) is 0 Å². The van der Waals surface area contributed by atoms with Gasteiger partial charge in [0, 0.05) is 25.7 Å². The molecule has 6 nitrogen and oxygen atoms in total. The van der Waals surface area contributed by atoms with Crippen molar-refractivity contribution in [3.05, 3.63) is 29.8 Å². The number of amides is 2. The van der Waals surface area contributed by atoms with E-state index in [4.69, 9.17) is 4.74 Å². The molecule has 1 aliphatic heterocycles. The van der Waals surface area contributed by atoms with Crippen molar-refractivity contribution in [2.24, 2.45) is 0 Å². The molecular formula is C14H19N3O3. The van der Waals surface area contributed by atoms with E-state index in [1.807, 2.05) is 24.3 Å². The number of benzene rings is 1. The summed E-state index contributed by atoms with van der Waals surface area (Å²) in [6.07, 6.45) is 0. The number of nitrogens with one attached hydrogen (secondary N) is 3. The van der Waals surface area contributed by atoms with Crippen LogP contribution in [0, 0.1) is 0 Å². The molecule has 0 aliphatic carbocycles. The van der Waals surface area contributed by atoms with Crippen LogP contribution in [0.25, 0.3) is 0 Å². The van der Waals surface area contributed by atoms with Gasteiger partial charge in [0.25, 0.3) is 0 Å². The van der Waals surface area contributed by atoms with Gasteiger partial charge in [0.15, 0.2) is 0 Å². The molecule has 0 saturated carbocycles. The summed E-state index contributed by atoms with van der Waals surface area (Å²) in [7, 11) is 0. The molecule has 2 rings (SSSR count). The minimum absolute atomic E-state index is 0.0596. The number of hydrogen-bond donors (Lipinski definition) is 3. The summed E-state index contributed by atoms with van der Waals surface area (Å²) in [5.74, 6) is -0.162. The summed E-state index contributed by atoms with van der Waals surface area (Å²) in [6.45, 7) is 3.68. The van der Waals surface area contributed by atoms with Gasteiger partial charge >= 0.3 is 0 Å². The quantitative estimate of drug-likeness (QED) is 0.737. The molecule has 20 heavy (non-hydrogen) atoms. The van der Waals surface area contributed by atoms with Crippen molar-refractivity contribution in [3.8, 4) is 0 Å². The zero-order chi connectivity index (χ0) is 14.4. The second-order valence-corrected chi connectivity index (χ2v) is 4.68. The number of carbonyl (C=O) groups is 2. The molecule has 1 unspecified atom stereocenters. The van der Waals surface area contributed by atoms with Gasteiger partial charge in [-0.3, -0.25) is 9.59 Å². The van der Waals surface area contributed by atoms with E-state index in [-0.39, 0.29) is 17.9 Å². The maximum atomic E-state index is 11.9. The smallest absolute Gasteiger partial charge is 0.239 e. The average Bonchev–Trinajstić information content (AvgIpc) is 2.46. The van der Waals surface area contributed by atoms with Crippen LogP contribution in [-0.2, 0) is 20.9 Å². The van der Waals surface area contributed by atoms with E-state index in [2.05, 4.69) is 16.0 Å². The molecule has 0 aromatic heterocycles. The molecular weight excluding hydrogens is 258 g/mol. The van der Waals surface area contributed by atoms with E-state index in [1.54, 1.807) is 0 Å². The van der Waals surface area contributed by atoms with Crippen LogP contribution >= 0.6 is 0 Å². The Morgan fingerprint density at radius 2 is 2.10 bits per heavy atom. The molecule has 2 amide bonds. The molecule has 1 saturated heterocycles. The summed E-state index contributed by atoms with van der Waals surface area (Å²) in [5, 5.41) is 8.66. The molecule has 0 bridgehead atoms. The number of ether oxygens (including phenoxy) is 1. The maximum Gasteiger partial charge on any atom is 0.239 e. The Morgan fingerprint density at radius 1 is 1.35 bits per heavy atom. The molecule has 0 spiro atoms. The first-order chi connectivity index (χ1) is 9.65. The van der Waals surface area contributed by atoms with E-state index in [9.17, 15) is 9.59 Å². The topological polar surface area (TPSA) is 79.5 Å². The number of anilines is 1. The third kappa shape index (κ3) is 4.32. The third-order valence-corrected chi connectivity index (χ3v) is 2.98. The molecule has 1 fully saturated rings. The van der Waals surface area contributed by atoms with Crippen LogP contribution in [0.2, 0.25) is 0 Å². The Morgan fingerprint density at radius 3 is 2.70 bits per heavy atom. The summed E-state index contributed by atoms with van der Waals surface area (Å²) >= 11 is 0. The molecule has 108 valence electrons. The van der Waals surface area contributed by atoms with E-state index < -0.39 is 0 Å². The van der Waals surface area contributed by atoms with Crippen LogP contribution in [0.15, 0.2) is 24.3 Å². The molecule has 6 heteroatoms. The minimum atomic E-state index is -0.276. The standard InChI is InChI=1S/C14H19N3O3/c1-10(18)17-12-4-2-11(3-5-12)8-16-14(19)13-9-20-7-6-15-13/h2-5,13,15H,6-9H2,1H3,(H,16,19)(H,17,18). The average molecular weight is 277 g/mol. The van der Waals surface area contributed by atoms with E-state index in [0.717, 1.165) is 11.3 Å². The van der Waals surface area contributed by atoms with Crippen molar-refractivity contribution in [3.63, 3.8) is 0 Å². The monoisotopic (exact) mass is 277 g/mol. The van der Waals surface area contributed by atoms with E-state index in [0.29, 0.717) is 26.3 Å². The van der Waals surface area contributed by atoms with Crippen LogP contribution in [-0.4, -0.2) is 37.6 Å². The first kappa shape index (κ1) is 14.5. The lowest BCUT2D eigenvalue weighted by molar-refractivity contribution is -0.126. The zero-order valence-corrected chi connectivity index (χ0v) is 11.4. The van der Waals surface area contributed by atoms with Crippen molar-refractivity contribution >= 4 is 17.5 Å². The Labute approximate surface area is 117 Å². The minimum Gasteiger partial charge on any atom is -0.378 e. The van der Waals surface area contributed by atoms with Gasteiger partial charge in [-0.15, -0.1) is 0 Å². The molecule has 0 radical (unpaired) electrons. The number of morpholine rings is 1. The van der Waals surface area contributed by atoms with E-state index in [1.165, 1.54) is 6.92 Å². The normalized spacial score (nSPS) is 18.4. The van der Waals surface area contributed by atoms with Gasteiger partial charge in [0.05, 0.1) is 13.2 Å². The number of carbonyl (C=O) groups excluding carboxylic acids is 2. The van der Waals surface area contributed by atoms with Gasteiger partial charge in [0.2, 0.25) is 11.8 Å². The lowest BCUT2D eigenvalue weighted by Crippen LogP contribution is -2.51. The van der Waals surface area contributed by atoms with Gasteiger partial charge in [-0.05, 0) is 17.7 Å². The van der Waals surface area contributed by atoms with Crippen LogP contribution in [0.5, 0.6) is 0 Å². The molecule has 1 atom stereocenters. The van der Waals surface area contributed by atoms with Crippen LogP contribution in [0.4, 0.5) is 5.69 Å².